The third-order valence-corrected chi connectivity index (χ3v) is 3.01. The number of benzene rings is 1. The van der Waals surface area contributed by atoms with Gasteiger partial charge in [-0.2, -0.15) is 0 Å². The third-order valence-electron chi connectivity index (χ3n) is 3.01. The fraction of sp³-hybridized carbons (Fsp3) is 0.333. The number of hydrogen-bond acceptors (Lipinski definition) is 2. The van der Waals surface area contributed by atoms with Gasteiger partial charge >= 0.3 is 0 Å². The molecule has 0 aromatic heterocycles. The Kier molecular flexibility index (Phi) is 8.14. The monoisotopic (exact) mass is 289 g/mol. The molecule has 0 spiro atoms. The number of nitrogens with zero attached hydrogens (tertiary/aromatic N) is 1. The molecule has 1 rings (SSSR count). The number of aliphatic hydroxyl groups is 1. The van der Waals surface area contributed by atoms with E-state index in [0.717, 1.165) is 36.8 Å². The Hall–Kier alpha value is -1.87. The third kappa shape index (κ3) is 7.47. The lowest BCUT2D eigenvalue weighted by Crippen LogP contribution is -2.20. The highest BCUT2D eigenvalue weighted by atomic mass is 19.1. The largest absolute Gasteiger partial charge is 0.515 e. The summed E-state index contributed by atoms with van der Waals surface area (Å²) in [5, 5.41) is 9.15. The molecule has 0 atom stereocenters. The molecule has 0 amide bonds. The average molecular weight is 289 g/mol. The Morgan fingerprint density at radius 3 is 2.76 bits per heavy atom. The van der Waals surface area contributed by atoms with E-state index in [-0.39, 0.29) is 5.82 Å². The van der Waals surface area contributed by atoms with Crippen molar-refractivity contribution in [2.45, 2.75) is 19.8 Å². The summed E-state index contributed by atoms with van der Waals surface area (Å²) in [4.78, 5) is 2.10. The van der Waals surface area contributed by atoms with Gasteiger partial charge in [-0.25, -0.2) is 4.39 Å². The molecule has 0 bridgehead atoms. The molecule has 3 heteroatoms. The fourth-order valence-corrected chi connectivity index (χ4v) is 1.92. The van der Waals surface area contributed by atoms with Crippen LogP contribution >= 0.6 is 0 Å². The first-order valence-corrected chi connectivity index (χ1v) is 7.23. The summed E-state index contributed by atoms with van der Waals surface area (Å²) in [6.07, 6.45) is 10.9. The molecular weight excluding hydrogens is 265 g/mol. The molecule has 1 aromatic rings. The summed E-state index contributed by atoms with van der Waals surface area (Å²) in [6, 6.07) is 6.64. The highest BCUT2D eigenvalue weighted by Crippen LogP contribution is 2.05. The molecule has 1 N–H and O–H groups in total. The van der Waals surface area contributed by atoms with Crippen LogP contribution in [0.3, 0.4) is 0 Å². The molecule has 0 aliphatic heterocycles. The molecular formula is C18H24FNO. The van der Waals surface area contributed by atoms with E-state index in [1.807, 2.05) is 31.3 Å². The van der Waals surface area contributed by atoms with E-state index in [2.05, 4.69) is 17.9 Å². The van der Waals surface area contributed by atoms with Crippen LogP contribution in [0.25, 0.3) is 0 Å². The molecule has 21 heavy (non-hydrogen) atoms. The van der Waals surface area contributed by atoms with Gasteiger partial charge in [0, 0.05) is 18.7 Å². The first kappa shape index (κ1) is 17.2. The number of aliphatic hydroxyl groups excluding tert-OH is 1. The van der Waals surface area contributed by atoms with E-state index in [1.165, 1.54) is 6.07 Å². The van der Waals surface area contributed by atoms with Gasteiger partial charge in [-0.05, 0) is 37.6 Å². The fourth-order valence-electron chi connectivity index (χ4n) is 1.92. The minimum Gasteiger partial charge on any atom is -0.515 e. The Labute approximate surface area is 126 Å². The molecule has 1 aromatic carbocycles. The van der Waals surface area contributed by atoms with Gasteiger partial charge < -0.3 is 5.11 Å². The lowest BCUT2D eigenvalue weighted by molar-refractivity contribution is 0.393. The quantitative estimate of drug-likeness (QED) is 0.439. The van der Waals surface area contributed by atoms with E-state index in [0.29, 0.717) is 6.54 Å². The van der Waals surface area contributed by atoms with Gasteiger partial charge in [0.1, 0.15) is 5.82 Å². The van der Waals surface area contributed by atoms with Crippen LogP contribution in [0.1, 0.15) is 18.9 Å². The molecule has 0 radical (unpaired) electrons. The molecule has 0 saturated carbocycles. The summed E-state index contributed by atoms with van der Waals surface area (Å²) >= 11 is 0. The number of likely N-dealkylation sites (N-methyl/N-ethyl adjacent to an activating group) is 1. The first-order chi connectivity index (χ1) is 10.2. The number of halogens is 1. The second kappa shape index (κ2) is 9.94. The summed E-state index contributed by atoms with van der Waals surface area (Å²) < 4.78 is 13.0. The van der Waals surface area contributed by atoms with Gasteiger partial charge in [0.15, 0.2) is 0 Å². The average Bonchev–Trinajstić information content (AvgIpc) is 2.48. The van der Waals surface area contributed by atoms with Crippen molar-refractivity contribution in [2.24, 2.45) is 0 Å². The Morgan fingerprint density at radius 1 is 1.29 bits per heavy atom. The Bertz CT molecular complexity index is 506. The van der Waals surface area contributed by atoms with Gasteiger partial charge in [-0.15, -0.1) is 0 Å². The maximum Gasteiger partial charge on any atom is 0.123 e. The second-order valence-electron chi connectivity index (χ2n) is 5.02. The van der Waals surface area contributed by atoms with E-state index in [9.17, 15) is 4.39 Å². The number of allylic oxidation sites excluding steroid dienone is 2. The summed E-state index contributed by atoms with van der Waals surface area (Å²) in [5.74, 6) is -0.196. The molecule has 114 valence electrons. The Morgan fingerprint density at radius 2 is 2.10 bits per heavy atom. The predicted molar refractivity (Wildman–Crippen MR) is 86.9 cm³/mol. The normalized spacial score (nSPS) is 12.9. The van der Waals surface area contributed by atoms with Crippen LogP contribution in [0.5, 0.6) is 0 Å². The highest BCUT2D eigenvalue weighted by Gasteiger charge is 1.99. The Balaban J connectivity index is 2.37. The van der Waals surface area contributed by atoms with Gasteiger partial charge in [-0.1, -0.05) is 43.4 Å². The maximum atomic E-state index is 13.0. The van der Waals surface area contributed by atoms with E-state index < -0.39 is 0 Å². The van der Waals surface area contributed by atoms with Crippen LogP contribution in [0.2, 0.25) is 0 Å². The highest BCUT2D eigenvalue weighted by molar-refractivity contribution is 5.19. The van der Waals surface area contributed by atoms with Crippen LogP contribution < -0.4 is 0 Å². The lowest BCUT2D eigenvalue weighted by atomic mass is 10.1. The van der Waals surface area contributed by atoms with Crippen molar-refractivity contribution in [2.75, 3.05) is 20.1 Å². The van der Waals surface area contributed by atoms with Crippen LogP contribution in [0.15, 0.2) is 60.4 Å². The van der Waals surface area contributed by atoms with E-state index in [1.54, 1.807) is 12.1 Å². The van der Waals surface area contributed by atoms with Gasteiger partial charge in [0.25, 0.3) is 0 Å². The van der Waals surface area contributed by atoms with Crippen molar-refractivity contribution in [3.05, 3.63) is 71.8 Å². The minimum atomic E-state index is -0.196. The number of hydrogen-bond donors (Lipinski definition) is 1. The topological polar surface area (TPSA) is 23.5 Å². The van der Waals surface area contributed by atoms with Gasteiger partial charge in [0.05, 0.1) is 6.26 Å². The molecule has 0 aliphatic carbocycles. The van der Waals surface area contributed by atoms with Crippen LogP contribution in [0.4, 0.5) is 4.39 Å². The van der Waals surface area contributed by atoms with Crippen LogP contribution in [-0.2, 0) is 6.42 Å². The molecule has 0 heterocycles. The van der Waals surface area contributed by atoms with Gasteiger partial charge in [-0.3, -0.25) is 4.90 Å². The standard InChI is InChI=1S/C18H24FNO/c1-3-4-8-17(15-21)14-20(2)12-6-5-9-16-10-7-11-18(19)13-16/h4-8,10-11,13,15,21H,3,9,12,14H2,1-2H3/b6-5+,8-4+,17-15+. The van der Waals surface area contributed by atoms with E-state index >= 15 is 0 Å². The zero-order chi connectivity index (χ0) is 15.5. The molecule has 0 fully saturated rings. The predicted octanol–water partition coefficient (Wildman–Crippen LogP) is 4.26. The summed E-state index contributed by atoms with van der Waals surface area (Å²) in [6.45, 7) is 3.54. The first-order valence-electron chi connectivity index (χ1n) is 7.23. The van der Waals surface area contributed by atoms with Crippen molar-refractivity contribution in [3.8, 4) is 0 Å². The van der Waals surface area contributed by atoms with Crippen molar-refractivity contribution in [1.82, 2.24) is 4.90 Å². The van der Waals surface area contributed by atoms with Crippen LogP contribution in [0, 0.1) is 5.82 Å². The summed E-state index contributed by atoms with van der Waals surface area (Å²) in [5.41, 5.74) is 1.86. The maximum absolute atomic E-state index is 13.0. The minimum absolute atomic E-state index is 0.196. The van der Waals surface area contributed by atoms with Gasteiger partial charge in [0.2, 0.25) is 0 Å². The molecule has 0 aliphatic rings. The van der Waals surface area contributed by atoms with Crippen molar-refractivity contribution >= 4 is 0 Å². The second-order valence-corrected chi connectivity index (χ2v) is 5.02. The van der Waals surface area contributed by atoms with Crippen molar-refractivity contribution < 1.29 is 9.50 Å². The van der Waals surface area contributed by atoms with Crippen molar-refractivity contribution in [1.29, 1.82) is 0 Å². The number of rotatable bonds is 8. The lowest BCUT2D eigenvalue weighted by Gasteiger charge is -2.14. The summed E-state index contributed by atoms with van der Waals surface area (Å²) in [7, 11) is 2.00. The molecule has 0 saturated heterocycles. The zero-order valence-electron chi connectivity index (χ0n) is 12.8. The van der Waals surface area contributed by atoms with Crippen molar-refractivity contribution in [3.63, 3.8) is 0 Å². The van der Waals surface area contributed by atoms with Crippen LogP contribution in [-0.4, -0.2) is 30.1 Å². The molecule has 2 nitrogen and oxygen atoms in total. The smallest absolute Gasteiger partial charge is 0.123 e. The zero-order valence-corrected chi connectivity index (χ0v) is 12.8. The van der Waals surface area contributed by atoms with E-state index in [4.69, 9.17) is 5.11 Å². The molecule has 0 unspecified atom stereocenters. The SMILES string of the molecule is CC/C=C/C(=C\O)CN(C)C/C=C/Cc1cccc(F)c1.